The highest BCUT2D eigenvalue weighted by Crippen LogP contribution is 2.32. The van der Waals surface area contributed by atoms with Gasteiger partial charge < -0.3 is 24.6 Å². The molecule has 0 radical (unpaired) electrons. The van der Waals surface area contributed by atoms with E-state index in [1.165, 1.54) is 38.0 Å². The molecule has 24 heavy (non-hydrogen) atoms. The van der Waals surface area contributed by atoms with Crippen molar-refractivity contribution in [1.82, 2.24) is 15.1 Å². The van der Waals surface area contributed by atoms with Gasteiger partial charge in [0, 0.05) is 31.2 Å². The van der Waals surface area contributed by atoms with Gasteiger partial charge in [0.05, 0.1) is 7.11 Å². The van der Waals surface area contributed by atoms with Gasteiger partial charge in [-0.15, -0.1) is 0 Å². The molecule has 0 aromatic heterocycles. The summed E-state index contributed by atoms with van der Waals surface area (Å²) >= 11 is 0. The molecule has 2 bridgehead atoms. The minimum absolute atomic E-state index is 0.605. The van der Waals surface area contributed by atoms with Crippen molar-refractivity contribution in [2.45, 2.75) is 25.4 Å². The van der Waals surface area contributed by atoms with Gasteiger partial charge in [0.15, 0.2) is 11.5 Å². The molecule has 3 saturated heterocycles. The SMILES string of the molecule is COc1cccc(CN[C@@H]2CN3CCC2CC3)c1OCCN(C)C. The summed E-state index contributed by atoms with van der Waals surface area (Å²) in [6.07, 6.45) is 2.67. The molecule has 0 aliphatic carbocycles. The van der Waals surface area contributed by atoms with E-state index in [2.05, 4.69) is 35.3 Å². The van der Waals surface area contributed by atoms with Crippen LogP contribution in [0.15, 0.2) is 18.2 Å². The Bertz CT molecular complexity index is 527. The van der Waals surface area contributed by atoms with E-state index in [1.54, 1.807) is 7.11 Å². The van der Waals surface area contributed by atoms with Crippen LogP contribution in [-0.2, 0) is 6.54 Å². The van der Waals surface area contributed by atoms with E-state index in [-0.39, 0.29) is 0 Å². The Hall–Kier alpha value is -1.30. The average molecular weight is 333 g/mol. The molecular formula is C19H31N3O2. The van der Waals surface area contributed by atoms with E-state index in [0.717, 1.165) is 30.5 Å². The van der Waals surface area contributed by atoms with Crippen LogP contribution < -0.4 is 14.8 Å². The van der Waals surface area contributed by atoms with Crippen LogP contribution in [0.1, 0.15) is 18.4 Å². The molecule has 1 aromatic carbocycles. The number of nitrogens with zero attached hydrogens (tertiary/aromatic N) is 2. The normalized spacial score (nSPS) is 25.9. The average Bonchev–Trinajstić information content (AvgIpc) is 2.61. The molecule has 3 aliphatic heterocycles. The first-order valence-electron chi connectivity index (χ1n) is 9.06. The maximum absolute atomic E-state index is 6.05. The molecule has 0 spiro atoms. The molecule has 3 fully saturated rings. The minimum Gasteiger partial charge on any atom is -0.493 e. The number of methoxy groups -OCH3 is 1. The Morgan fingerprint density at radius 2 is 2.04 bits per heavy atom. The number of likely N-dealkylation sites (N-methyl/N-ethyl adjacent to an activating group) is 1. The summed E-state index contributed by atoms with van der Waals surface area (Å²) in [5, 5.41) is 3.77. The Morgan fingerprint density at radius 1 is 1.25 bits per heavy atom. The summed E-state index contributed by atoms with van der Waals surface area (Å²) in [6, 6.07) is 6.77. The third-order valence-corrected chi connectivity index (χ3v) is 5.28. The van der Waals surface area contributed by atoms with E-state index in [9.17, 15) is 0 Å². The second kappa shape index (κ2) is 8.19. The molecule has 4 rings (SSSR count). The molecule has 0 unspecified atom stereocenters. The van der Waals surface area contributed by atoms with Crippen LogP contribution in [0.3, 0.4) is 0 Å². The lowest BCUT2D eigenvalue weighted by Gasteiger charge is -2.45. The van der Waals surface area contributed by atoms with Crippen molar-refractivity contribution in [3.63, 3.8) is 0 Å². The zero-order chi connectivity index (χ0) is 16.9. The summed E-state index contributed by atoms with van der Waals surface area (Å²) in [5.41, 5.74) is 1.18. The summed E-state index contributed by atoms with van der Waals surface area (Å²) < 4.78 is 11.6. The van der Waals surface area contributed by atoms with Crippen LogP contribution in [0.2, 0.25) is 0 Å². The van der Waals surface area contributed by atoms with Crippen molar-refractivity contribution < 1.29 is 9.47 Å². The smallest absolute Gasteiger partial charge is 0.165 e. The number of rotatable bonds is 8. The first-order valence-corrected chi connectivity index (χ1v) is 9.06. The standard InChI is InChI=1S/C19H31N3O2/c1-21(2)11-12-24-19-16(5-4-6-18(19)23-3)13-20-17-14-22-9-7-15(17)8-10-22/h4-6,15,17,20H,7-14H2,1-3H3/t17-/m1/s1. The number of nitrogens with one attached hydrogen (secondary N) is 1. The van der Waals surface area contributed by atoms with Gasteiger partial charge in [0.25, 0.3) is 0 Å². The Labute approximate surface area is 145 Å². The van der Waals surface area contributed by atoms with Gasteiger partial charge in [-0.3, -0.25) is 0 Å². The highest BCUT2D eigenvalue weighted by atomic mass is 16.5. The van der Waals surface area contributed by atoms with Crippen molar-refractivity contribution in [1.29, 1.82) is 0 Å². The van der Waals surface area contributed by atoms with Crippen LogP contribution in [-0.4, -0.2) is 69.8 Å². The molecule has 3 heterocycles. The highest BCUT2D eigenvalue weighted by Gasteiger charge is 2.33. The quantitative estimate of drug-likeness (QED) is 0.785. The van der Waals surface area contributed by atoms with Crippen LogP contribution >= 0.6 is 0 Å². The Morgan fingerprint density at radius 3 is 2.67 bits per heavy atom. The third-order valence-electron chi connectivity index (χ3n) is 5.28. The van der Waals surface area contributed by atoms with Crippen molar-refractivity contribution in [2.24, 2.45) is 5.92 Å². The zero-order valence-corrected chi connectivity index (χ0v) is 15.3. The predicted molar refractivity (Wildman–Crippen MR) is 96.8 cm³/mol. The molecule has 1 N–H and O–H groups in total. The van der Waals surface area contributed by atoms with Gasteiger partial charge in [-0.1, -0.05) is 12.1 Å². The van der Waals surface area contributed by atoms with Gasteiger partial charge >= 0.3 is 0 Å². The second-order valence-electron chi connectivity index (χ2n) is 7.23. The number of benzene rings is 1. The van der Waals surface area contributed by atoms with Crippen LogP contribution in [0, 0.1) is 5.92 Å². The maximum atomic E-state index is 6.05. The van der Waals surface area contributed by atoms with Crippen molar-refractivity contribution >= 4 is 0 Å². The minimum atomic E-state index is 0.605. The maximum Gasteiger partial charge on any atom is 0.165 e. The summed E-state index contributed by atoms with van der Waals surface area (Å²) in [4.78, 5) is 4.71. The van der Waals surface area contributed by atoms with Gasteiger partial charge in [-0.2, -0.15) is 0 Å². The second-order valence-corrected chi connectivity index (χ2v) is 7.23. The molecule has 1 aromatic rings. The van der Waals surface area contributed by atoms with Crippen LogP contribution in [0.5, 0.6) is 11.5 Å². The van der Waals surface area contributed by atoms with E-state index < -0.39 is 0 Å². The fourth-order valence-corrected chi connectivity index (χ4v) is 3.79. The van der Waals surface area contributed by atoms with Gasteiger partial charge in [0.2, 0.25) is 0 Å². The lowest BCUT2D eigenvalue weighted by atomic mass is 9.84. The van der Waals surface area contributed by atoms with Crippen LogP contribution in [0.4, 0.5) is 0 Å². The highest BCUT2D eigenvalue weighted by molar-refractivity contribution is 5.46. The topological polar surface area (TPSA) is 37.0 Å². The molecule has 5 heteroatoms. The number of ether oxygens (including phenoxy) is 2. The number of hydrogen-bond acceptors (Lipinski definition) is 5. The van der Waals surface area contributed by atoms with Gasteiger partial charge in [-0.05, 0) is 52.0 Å². The molecular weight excluding hydrogens is 302 g/mol. The van der Waals surface area contributed by atoms with Gasteiger partial charge in [0.1, 0.15) is 6.61 Å². The number of para-hydroxylation sites is 1. The van der Waals surface area contributed by atoms with E-state index in [0.29, 0.717) is 12.6 Å². The van der Waals surface area contributed by atoms with E-state index in [4.69, 9.17) is 9.47 Å². The fourth-order valence-electron chi connectivity index (χ4n) is 3.79. The van der Waals surface area contributed by atoms with Crippen molar-refractivity contribution in [2.75, 3.05) is 54.0 Å². The molecule has 3 aliphatic rings. The van der Waals surface area contributed by atoms with E-state index in [1.807, 2.05) is 12.1 Å². The Kier molecular flexibility index (Phi) is 5.98. The molecule has 134 valence electrons. The van der Waals surface area contributed by atoms with Crippen molar-refractivity contribution in [3.8, 4) is 11.5 Å². The molecule has 0 saturated carbocycles. The monoisotopic (exact) mass is 333 g/mol. The van der Waals surface area contributed by atoms with Crippen molar-refractivity contribution in [3.05, 3.63) is 23.8 Å². The summed E-state index contributed by atoms with van der Waals surface area (Å²) in [6.45, 7) is 6.14. The first-order chi connectivity index (χ1) is 11.7. The third kappa shape index (κ3) is 4.21. The summed E-state index contributed by atoms with van der Waals surface area (Å²) in [5.74, 6) is 2.54. The lowest BCUT2D eigenvalue weighted by Crippen LogP contribution is -2.55. The predicted octanol–water partition coefficient (Wildman–Crippen LogP) is 1.82. The lowest BCUT2D eigenvalue weighted by molar-refractivity contribution is 0.0718. The Balaban J connectivity index is 1.63. The number of fused-ring (bicyclic) bond motifs is 3. The first kappa shape index (κ1) is 17.5. The molecule has 5 nitrogen and oxygen atoms in total. The number of hydrogen-bond donors (Lipinski definition) is 1. The largest absolute Gasteiger partial charge is 0.493 e. The van der Waals surface area contributed by atoms with Crippen LogP contribution in [0.25, 0.3) is 0 Å². The zero-order valence-electron chi connectivity index (χ0n) is 15.3. The number of piperidine rings is 3. The van der Waals surface area contributed by atoms with E-state index >= 15 is 0 Å². The molecule has 0 amide bonds. The summed E-state index contributed by atoms with van der Waals surface area (Å²) in [7, 11) is 5.82. The fraction of sp³-hybridized carbons (Fsp3) is 0.684. The molecule has 1 atom stereocenters. The van der Waals surface area contributed by atoms with Gasteiger partial charge in [-0.25, -0.2) is 0 Å².